The first kappa shape index (κ1) is 13.0. The summed E-state index contributed by atoms with van der Waals surface area (Å²) in [5.41, 5.74) is -2.65. The predicted molar refractivity (Wildman–Crippen MR) is 63.2 cm³/mol. The number of rotatable bonds is 2. The highest BCUT2D eigenvalue weighted by atomic mass is 19.4. The number of aliphatic imine (C=N–C) groups is 1. The lowest BCUT2D eigenvalue weighted by atomic mass is 10.0. The summed E-state index contributed by atoms with van der Waals surface area (Å²) in [4.78, 5) is 15.3. The molecule has 2 atom stereocenters. The van der Waals surface area contributed by atoms with Crippen molar-refractivity contribution in [1.29, 1.82) is 0 Å². The van der Waals surface area contributed by atoms with Gasteiger partial charge in [0.15, 0.2) is 5.71 Å². The van der Waals surface area contributed by atoms with Gasteiger partial charge in [-0.25, -0.2) is 4.79 Å². The Morgan fingerprint density at radius 1 is 1.50 bits per heavy atom. The number of carbonyl (C=O) groups is 1. The number of allylic oxidation sites excluding steroid dienone is 2. The largest absolute Gasteiger partial charge is 0.509 e. The minimum Gasteiger partial charge on any atom is -0.509 e. The second kappa shape index (κ2) is 3.74. The van der Waals surface area contributed by atoms with Gasteiger partial charge in [-0.15, -0.1) is 0 Å². The summed E-state index contributed by atoms with van der Waals surface area (Å²) in [5, 5.41) is 9.73. The van der Waals surface area contributed by atoms with Gasteiger partial charge < -0.3 is 9.84 Å². The van der Waals surface area contributed by atoms with E-state index in [0.717, 1.165) is 0 Å². The molecule has 1 N–H and O–H groups in total. The van der Waals surface area contributed by atoms with Gasteiger partial charge in [-0.2, -0.15) is 13.2 Å². The van der Waals surface area contributed by atoms with Crippen molar-refractivity contribution >= 4 is 11.7 Å². The number of alkyl halides is 3. The van der Waals surface area contributed by atoms with Crippen LogP contribution >= 0.6 is 0 Å². The maximum atomic E-state index is 13.1. The fourth-order valence-corrected chi connectivity index (χ4v) is 2.67. The van der Waals surface area contributed by atoms with Gasteiger partial charge in [-0.05, 0) is 18.6 Å². The van der Waals surface area contributed by atoms with Crippen molar-refractivity contribution < 1.29 is 27.8 Å². The first-order valence-electron chi connectivity index (χ1n) is 6.00. The third kappa shape index (κ3) is 1.49. The number of hydrogen-bond acceptors (Lipinski definition) is 4. The van der Waals surface area contributed by atoms with Crippen molar-refractivity contribution in [3.8, 4) is 0 Å². The van der Waals surface area contributed by atoms with E-state index in [-0.39, 0.29) is 12.4 Å². The van der Waals surface area contributed by atoms with Gasteiger partial charge in [0.05, 0.1) is 12.2 Å². The van der Waals surface area contributed by atoms with Crippen molar-refractivity contribution in [3.05, 3.63) is 35.1 Å². The van der Waals surface area contributed by atoms with Crippen LogP contribution < -0.4 is 0 Å². The second-order valence-corrected chi connectivity index (χ2v) is 4.68. The zero-order valence-corrected chi connectivity index (χ0v) is 10.4. The molecule has 106 valence electrons. The second-order valence-electron chi connectivity index (χ2n) is 4.68. The molecular formula is C13H10F3NO3. The molecule has 7 heteroatoms. The van der Waals surface area contributed by atoms with Crippen molar-refractivity contribution in [3.63, 3.8) is 0 Å². The number of fused-ring (bicyclic) bond motifs is 1. The van der Waals surface area contributed by atoms with Crippen LogP contribution in [0.4, 0.5) is 13.2 Å². The van der Waals surface area contributed by atoms with Gasteiger partial charge in [0.1, 0.15) is 11.3 Å². The zero-order valence-electron chi connectivity index (χ0n) is 10.4. The van der Waals surface area contributed by atoms with Crippen LogP contribution in [0.1, 0.15) is 6.92 Å². The lowest BCUT2D eigenvalue weighted by Gasteiger charge is -2.20. The maximum absolute atomic E-state index is 13.1. The molecule has 3 rings (SSSR count). The van der Waals surface area contributed by atoms with E-state index in [9.17, 15) is 23.1 Å². The highest BCUT2D eigenvalue weighted by molar-refractivity contribution is 6.23. The Kier molecular flexibility index (Phi) is 2.42. The number of ether oxygens (including phenoxy) is 1. The molecule has 4 nitrogen and oxygen atoms in total. The Hall–Kier alpha value is -2.05. The van der Waals surface area contributed by atoms with E-state index in [0.29, 0.717) is 5.57 Å². The molecule has 0 saturated heterocycles. The van der Waals surface area contributed by atoms with Crippen LogP contribution in [-0.2, 0) is 9.53 Å². The Bertz CT molecular complexity index is 627. The van der Waals surface area contributed by atoms with Crippen LogP contribution in [-0.4, -0.2) is 35.1 Å². The smallest absolute Gasteiger partial charge is 0.433 e. The quantitative estimate of drug-likeness (QED) is 0.792. The highest BCUT2D eigenvalue weighted by Gasteiger charge is 2.67. The molecule has 20 heavy (non-hydrogen) atoms. The number of carbonyl (C=O) groups excluding carboxylic acids is 1. The first-order valence-corrected chi connectivity index (χ1v) is 6.00. The molecule has 3 aliphatic rings. The van der Waals surface area contributed by atoms with E-state index in [1.807, 2.05) is 0 Å². The van der Waals surface area contributed by atoms with Crippen LogP contribution in [0.5, 0.6) is 0 Å². The van der Waals surface area contributed by atoms with Crippen molar-refractivity contribution in [2.75, 3.05) is 6.61 Å². The van der Waals surface area contributed by atoms with Gasteiger partial charge >= 0.3 is 12.1 Å². The first-order chi connectivity index (χ1) is 9.32. The van der Waals surface area contributed by atoms with Crippen molar-refractivity contribution in [1.82, 2.24) is 0 Å². The summed E-state index contributed by atoms with van der Waals surface area (Å²) in [7, 11) is 0. The van der Waals surface area contributed by atoms with Gasteiger partial charge in [-0.1, -0.05) is 12.2 Å². The van der Waals surface area contributed by atoms with Crippen LogP contribution in [0.25, 0.3) is 0 Å². The van der Waals surface area contributed by atoms with Crippen LogP contribution in [0.3, 0.4) is 0 Å². The number of dihydropyridines is 1. The van der Waals surface area contributed by atoms with E-state index in [4.69, 9.17) is 0 Å². The fraction of sp³-hybridized carbons (Fsp3) is 0.385. The Balaban J connectivity index is 2.06. The van der Waals surface area contributed by atoms with Crippen LogP contribution in [0, 0.1) is 5.92 Å². The van der Waals surface area contributed by atoms with Crippen molar-refractivity contribution in [2.45, 2.75) is 18.6 Å². The number of halogens is 3. The van der Waals surface area contributed by atoms with Gasteiger partial charge in [0.25, 0.3) is 0 Å². The lowest BCUT2D eigenvalue weighted by molar-refractivity contribution is -0.138. The lowest BCUT2D eigenvalue weighted by Crippen LogP contribution is -2.34. The normalized spacial score (nSPS) is 30.5. The molecule has 0 aromatic heterocycles. The topological polar surface area (TPSA) is 58.9 Å². The Labute approximate surface area is 111 Å². The van der Waals surface area contributed by atoms with Crippen LogP contribution in [0.2, 0.25) is 0 Å². The molecule has 0 aromatic carbocycles. The number of aliphatic hydroxyl groups excluding tert-OH is 1. The molecule has 0 amide bonds. The van der Waals surface area contributed by atoms with Gasteiger partial charge in [0.2, 0.25) is 0 Å². The highest BCUT2D eigenvalue weighted by Crippen LogP contribution is 2.63. The number of aliphatic hydroxyl groups is 1. The van der Waals surface area contributed by atoms with Gasteiger partial charge in [-0.3, -0.25) is 4.99 Å². The molecule has 1 fully saturated rings. The van der Waals surface area contributed by atoms with Crippen molar-refractivity contribution in [2.24, 2.45) is 10.9 Å². The third-order valence-electron chi connectivity index (χ3n) is 3.59. The summed E-state index contributed by atoms with van der Waals surface area (Å²) >= 11 is 0. The van der Waals surface area contributed by atoms with Gasteiger partial charge in [0, 0.05) is 5.92 Å². The Morgan fingerprint density at radius 3 is 2.80 bits per heavy atom. The molecule has 0 bridgehead atoms. The summed E-state index contributed by atoms with van der Waals surface area (Å²) in [6.07, 6.45) is -0.744. The SMILES string of the molecule is CCOC(=O)C1=C[C@H]2C3=CC=C(O)[C@@]32N=C1C(F)(F)F. The maximum Gasteiger partial charge on any atom is 0.433 e. The summed E-state index contributed by atoms with van der Waals surface area (Å²) < 4.78 is 43.8. The summed E-state index contributed by atoms with van der Waals surface area (Å²) in [5.74, 6) is -1.76. The molecule has 0 unspecified atom stereocenters. The monoisotopic (exact) mass is 285 g/mol. The summed E-state index contributed by atoms with van der Waals surface area (Å²) in [6, 6.07) is 0. The molecule has 1 spiro atoms. The molecule has 1 saturated carbocycles. The van der Waals surface area contributed by atoms with E-state index in [2.05, 4.69) is 9.73 Å². The predicted octanol–water partition coefficient (Wildman–Crippen LogP) is 2.24. The van der Waals surface area contributed by atoms with E-state index in [1.165, 1.54) is 25.2 Å². The minimum absolute atomic E-state index is 0.0228. The zero-order chi connectivity index (χ0) is 14.7. The number of nitrogens with zero attached hydrogens (tertiary/aromatic N) is 1. The average Bonchev–Trinajstić information content (AvgIpc) is 2.91. The molecular weight excluding hydrogens is 275 g/mol. The molecule has 0 aromatic rings. The minimum atomic E-state index is -4.78. The van der Waals surface area contributed by atoms with E-state index < -0.39 is 34.9 Å². The molecule has 1 heterocycles. The molecule has 1 aliphatic heterocycles. The number of esters is 1. The fourth-order valence-electron chi connectivity index (χ4n) is 2.67. The average molecular weight is 285 g/mol. The van der Waals surface area contributed by atoms with Crippen LogP contribution in [0.15, 0.2) is 40.1 Å². The molecule has 0 radical (unpaired) electrons. The number of hydrogen-bond donors (Lipinski definition) is 1. The van der Waals surface area contributed by atoms with E-state index >= 15 is 0 Å². The molecule has 2 aliphatic carbocycles. The standard InChI is InChI=1S/C13H10F3NO3/c1-2-20-11(19)6-5-8-7-3-4-9(18)12(7,8)17-10(6)13(14,15)16/h3-5,8,18H,2H2,1H3/t8-,12+/m0/s1. The Morgan fingerprint density at radius 2 is 2.20 bits per heavy atom. The third-order valence-corrected chi connectivity index (χ3v) is 3.59. The summed E-state index contributed by atoms with van der Waals surface area (Å²) in [6.45, 7) is 1.49. The van der Waals surface area contributed by atoms with E-state index in [1.54, 1.807) is 0 Å².